The van der Waals surface area contributed by atoms with Gasteiger partial charge in [0.2, 0.25) is 0 Å². The lowest BCUT2D eigenvalue weighted by Crippen LogP contribution is -2.09. The number of ether oxygens (including phenoxy) is 1. The average Bonchev–Trinajstić information content (AvgIpc) is 3.30. The van der Waals surface area contributed by atoms with Crippen molar-refractivity contribution >= 4 is 23.5 Å². The Morgan fingerprint density at radius 1 is 1.27 bits per heavy atom. The predicted molar refractivity (Wildman–Crippen MR) is 98.9 cm³/mol. The zero-order valence-corrected chi connectivity index (χ0v) is 16.4. The number of aromatic nitrogens is 4. The van der Waals surface area contributed by atoms with Gasteiger partial charge >= 0.3 is 5.97 Å². The number of rotatable bonds is 8. The van der Waals surface area contributed by atoms with Gasteiger partial charge in [-0.2, -0.15) is 0 Å². The number of hydrogen-bond donors (Lipinski definition) is 1. The Labute approximate surface area is 156 Å². The van der Waals surface area contributed by atoms with Crippen LogP contribution in [0.4, 0.5) is 0 Å². The number of nitrogens with zero attached hydrogens (tertiary/aromatic N) is 3. The summed E-state index contributed by atoms with van der Waals surface area (Å²) in [5, 5.41) is 9.33. The molecule has 2 heterocycles. The lowest BCUT2D eigenvalue weighted by atomic mass is 10.1. The Morgan fingerprint density at radius 3 is 2.62 bits per heavy atom. The second kappa shape index (κ2) is 7.65. The Balaban J connectivity index is 1.74. The fourth-order valence-electron chi connectivity index (χ4n) is 3.13. The summed E-state index contributed by atoms with van der Waals surface area (Å²) < 4.78 is 7.13. The highest BCUT2D eigenvalue weighted by atomic mass is 32.2. The van der Waals surface area contributed by atoms with Crippen LogP contribution >= 0.6 is 11.8 Å². The molecular weight excluding hydrogens is 352 g/mol. The number of carbonyl (C=O) groups excluding carboxylic acids is 2. The number of H-pyrrole nitrogens is 1. The van der Waals surface area contributed by atoms with Crippen LogP contribution in [0.1, 0.15) is 70.5 Å². The van der Waals surface area contributed by atoms with E-state index in [0.717, 1.165) is 17.5 Å². The van der Waals surface area contributed by atoms with Crippen molar-refractivity contribution in [1.29, 1.82) is 0 Å². The average molecular weight is 376 g/mol. The van der Waals surface area contributed by atoms with Gasteiger partial charge in [-0.1, -0.05) is 11.8 Å². The maximum Gasteiger partial charge on any atom is 0.355 e. The third kappa shape index (κ3) is 3.56. The smallest absolute Gasteiger partial charge is 0.355 e. The molecule has 1 aliphatic rings. The van der Waals surface area contributed by atoms with E-state index < -0.39 is 5.97 Å². The van der Waals surface area contributed by atoms with E-state index in [1.54, 1.807) is 20.8 Å². The van der Waals surface area contributed by atoms with Crippen molar-refractivity contribution in [3.63, 3.8) is 0 Å². The van der Waals surface area contributed by atoms with E-state index >= 15 is 0 Å². The van der Waals surface area contributed by atoms with Crippen molar-refractivity contribution in [3.05, 3.63) is 28.3 Å². The summed E-state index contributed by atoms with van der Waals surface area (Å²) >= 11 is 1.40. The minimum atomic E-state index is -0.431. The Morgan fingerprint density at radius 2 is 2.00 bits per heavy atom. The first-order valence-corrected chi connectivity index (χ1v) is 9.91. The van der Waals surface area contributed by atoms with E-state index in [9.17, 15) is 9.59 Å². The van der Waals surface area contributed by atoms with Crippen LogP contribution in [0.5, 0.6) is 0 Å². The molecule has 2 aromatic heterocycles. The lowest BCUT2D eigenvalue weighted by molar-refractivity contribution is 0.0519. The van der Waals surface area contributed by atoms with Crippen molar-refractivity contribution < 1.29 is 14.3 Å². The normalized spacial score (nSPS) is 13.8. The number of aromatic amines is 1. The molecule has 1 N–H and O–H groups in total. The third-order valence-corrected chi connectivity index (χ3v) is 5.50. The van der Waals surface area contributed by atoms with Gasteiger partial charge in [0.1, 0.15) is 11.5 Å². The number of esters is 1. The number of aryl methyl sites for hydroxylation is 1. The quantitative estimate of drug-likeness (QED) is 0.432. The standard InChI is InChI=1S/C18H24N4O3S/c1-5-22-16(12-7-8-12)20-21-18(22)26-9-13(23)14-10(3)15(19-11(14)4)17(24)25-6-2/h12,19H,5-9H2,1-4H3. The molecule has 3 rings (SSSR count). The summed E-state index contributed by atoms with van der Waals surface area (Å²) in [6.45, 7) is 8.48. The Bertz CT molecular complexity index is 836. The molecule has 1 fully saturated rings. The summed E-state index contributed by atoms with van der Waals surface area (Å²) in [6.07, 6.45) is 2.33. The first-order chi connectivity index (χ1) is 12.5. The molecule has 7 nitrogen and oxygen atoms in total. The molecule has 1 saturated carbocycles. The molecule has 0 saturated heterocycles. The molecule has 0 radical (unpaired) electrons. The molecule has 8 heteroatoms. The maximum absolute atomic E-state index is 12.8. The van der Waals surface area contributed by atoms with Gasteiger partial charge in [-0.3, -0.25) is 4.79 Å². The minimum absolute atomic E-state index is 0.0320. The van der Waals surface area contributed by atoms with E-state index in [2.05, 4.69) is 26.7 Å². The molecule has 0 amide bonds. The summed E-state index contributed by atoms with van der Waals surface area (Å²) in [7, 11) is 0. The van der Waals surface area contributed by atoms with Gasteiger partial charge in [-0.05, 0) is 46.1 Å². The van der Waals surface area contributed by atoms with E-state index in [1.165, 1.54) is 24.6 Å². The van der Waals surface area contributed by atoms with Crippen molar-refractivity contribution in [2.75, 3.05) is 12.4 Å². The zero-order chi connectivity index (χ0) is 18.8. The molecule has 1 aliphatic carbocycles. The van der Waals surface area contributed by atoms with E-state index in [0.29, 0.717) is 35.0 Å². The Hall–Kier alpha value is -2.09. The van der Waals surface area contributed by atoms with Gasteiger partial charge in [0.05, 0.1) is 12.4 Å². The van der Waals surface area contributed by atoms with Crippen molar-refractivity contribution in [2.24, 2.45) is 0 Å². The molecule has 2 aromatic rings. The topological polar surface area (TPSA) is 89.9 Å². The fourth-order valence-corrected chi connectivity index (χ4v) is 4.01. The third-order valence-electron chi connectivity index (χ3n) is 4.53. The number of hydrogen-bond acceptors (Lipinski definition) is 6. The van der Waals surface area contributed by atoms with Gasteiger partial charge in [0.15, 0.2) is 10.9 Å². The number of Topliss-reactive ketones (excluding diaryl/α,β-unsaturated/α-hetero) is 1. The highest BCUT2D eigenvalue weighted by Gasteiger charge is 2.30. The highest BCUT2D eigenvalue weighted by Crippen LogP contribution is 2.40. The highest BCUT2D eigenvalue weighted by molar-refractivity contribution is 7.99. The van der Waals surface area contributed by atoms with E-state index in [-0.39, 0.29) is 11.5 Å². The number of carbonyl (C=O) groups is 2. The van der Waals surface area contributed by atoms with Crippen LogP contribution < -0.4 is 0 Å². The summed E-state index contributed by atoms with van der Waals surface area (Å²) in [6, 6.07) is 0. The van der Waals surface area contributed by atoms with Crippen molar-refractivity contribution in [2.45, 2.75) is 58.2 Å². The molecule has 0 aliphatic heterocycles. The van der Waals surface area contributed by atoms with Gasteiger partial charge in [-0.15, -0.1) is 10.2 Å². The maximum atomic E-state index is 12.8. The monoisotopic (exact) mass is 376 g/mol. The first kappa shape index (κ1) is 18.7. The number of thioether (sulfide) groups is 1. The van der Waals surface area contributed by atoms with Gasteiger partial charge in [0, 0.05) is 23.7 Å². The van der Waals surface area contributed by atoms with Crippen LogP contribution in [-0.2, 0) is 11.3 Å². The van der Waals surface area contributed by atoms with Crippen molar-refractivity contribution in [3.8, 4) is 0 Å². The fraction of sp³-hybridized carbons (Fsp3) is 0.556. The number of nitrogens with one attached hydrogen (secondary N) is 1. The van der Waals surface area contributed by atoms with Gasteiger partial charge < -0.3 is 14.3 Å². The van der Waals surface area contributed by atoms with Crippen LogP contribution in [0.25, 0.3) is 0 Å². The molecule has 140 valence electrons. The lowest BCUT2D eigenvalue weighted by Gasteiger charge is -2.06. The SMILES string of the molecule is CCOC(=O)c1[nH]c(C)c(C(=O)CSc2nnc(C3CC3)n2CC)c1C. The zero-order valence-electron chi connectivity index (χ0n) is 15.6. The summed E-state index contributed by atoms with van der Waals surface area (Å²) in [5.74, 6) is 1.34. The molecule has 0 unspecified atom stereocenters. The second-order valence-electron chi connectivity index (χ2n) is 6.42. The molecule has 0 aromatic carbocycles. The molecule has 0 spiro atoms. The van der Waals surface area contributed by atoms with Gasteiger partial charge in [0.25, 0.3) is 0 Å². The predicted octanol–water partition coefficient (Wildman–Crippen LogP) is 3.27. The van der Waals surface area contributed by atoms with Crippen LogP contribution in [-0.4, -0.2) is 43.9 Å². The molecule has 0 bridgehead atoms. The second-order valence-corrected chi connectivity index (χ2v) is 7.36. The molecule has 26 heavy (non-hydrogen) atoms. The van der Waals surface area contributed by atoms with Gasteiger partial charge in [-0.25, -0.2) is 4.79 Å². The molecule has 0 atom stereocenters. The van der Waals surface area contributed by atoms with Crippen LogP contribution in [0.15, 0.2) is 5.16 Å². The molecular formula is C18H24N4O3S. The van der Waals surface area contributed by atoms with Crippen LogP contribution in [0, 0.1) is 13.8 Å². The Kier molecular flexibility index (Phi) is 5.50. The summed E-state index contributed by atoms with van der Waals surface area (Å²) in [5.41, 5.74) is 2.24. The largest absolute Gasteiger partial charge is 0.461 e. The van der Waals surface area contributed by atoms with Crippen LogP contribution in [0.2, 0.25) is 0 Å². The minimum Gasteiger partial charge on any atom is -0.461 e. The number of ketones is 1. The summed E-state index contributed by atoms with van der Waals surface area (Å²) in [4.78, 5) is 27.7. The first-order valence-electron chi connectivity index (χ1n) is 8.93. The van der Waals surface area contributed by atoms with Crippen molar-refractivity contribution in [1.82, 2.24) is 19.7 Å². The van der Waals surface area contributed by atoms with Crippen LogP contribution in [0.3, 0.4) is 0 Å². The van der Waals surface area contributed by atoms with E-state index in [1.807, 2.05) is 0 Å². The van der Waals surface area contributed by atoms with E-state index in [4.69, 9.17) is 4.74 Å².